The van der Waals surface area contributed by atoms with Gasteiger partial charge in [0.15, 0.2) is 0 Å². The second kappa shape index (κ2) is 9.53. The van der Waals surface area contributed by atoms with Gasteiger partial charge in [-0.15, -0.1) is 0 Å². The molecule has 1 heterocycles. The normalized spacial score (nSPS) is 11.8. The summed E-state index contributed by atoms with van der Waals surface area (Å²) in [5.74, 6) is 0.121. The smallest absolute Gasteiger partial charge is 0.249 e. The molecule has 31 heavy (non-hydrogen) atoms. The zero-order valence-corrected chi connectivity index (χ0v) is 17.2. The summed E-state index contributed by atoms with van der Waals surface area (Å²) < 4.78 is 18.6. The summed E-state index contributed by atoms with van der Waals surface area (Å²) >= 11 is 6.06. The molecule has 4 aromatic rings. The van der Waals surface area contributed by atoms with Gasteiger partial charge in [-0.05, 0) is 35.4 Å². The topological polar surface area (TPSA) is 68.0 Å². The van der Waals surface area contributed by atoms with E-state index in [-0.39, 0.29) is 18.1 Å². The molecule has 7 heteroatoms. The molecule has 0 saturated carbocycles. The molecule has 1 N–H and O–H groups in total. The number of benzene rings is 3. The molecule has 1 atom stereocenters. The van der Waals surface area contributed by atoms with Crippen molar-refractivity contribution >= 4 is 17.5 Å². The van der Waals surface area contributed by atoms with Crippen LogP contribution in [0.15, 0.2) is 83.4 Å². The van der Waals surface area contributed by atoms with Gasteiger partial charge in [0, 0.05) is 17.0 Å². The summed E-state index contributed by atoms with van der Waals surface area (Å²) in [4.78, 5) is 17.2. The van der Waals surface area contributed by atoms with Crippen molar-refractivity contribution in [1.82, 2.24) is 15.5 Å². The second-order valence-corrected chi connectivity index (χ2v) is 7.52. The van der Waals surface area contributed by atoms with Crippen molar-refractivity contribution < 1.29 is 13.7 Å². The Bertz CT molecular complexity index is 1160. The van der Waals surface area contributed by atoms with E-state index in [1.165, 1.54) is 12.1 Å². The fraction of sp³-hybridized carbons (Fsp3) is 0.125. The molecule has 0 bridgehead atoms. The van der Waals surface area contributed by atoms with Gasteiger partial charge >= 0.3 is 0 Å². The van der Waals surface area contributed by atoms with Gasteiger partial charge in [0.1, 0.15) is 11.9 Å². The van der Waals surface area contributed by atoms with E-state index in [4.69, 9.17) is 16.1 Å². The highest BCUT2D eigenvalue weighted by Gasteiger charge is 2.22. The molecule has 0 radical (unpaired) electrons. The summed E-state index contributed by atoms with van der Waals surface area (Å²) in [5.41, 5.74) is 2.44. The lowest BCUT2D eigenvalue weighted by molar-refractivity contribution is -0.121. The van der Waals surface area contributed by atoms with Crippen molar-refractivity contribution in [3.63, 3.8) is 0 Å². The number of hydrogen-bond donors (Lipinski definition) is 1. The third kappa shape index (κ3) is 5.55. The highest BCUT2D eigenvalue weighted by atomic mass is 35.5. The van der Waals surface area contributed by atoms with E-state index in [1.54, 1.807) is 30.3 Å². The Morgan fingerprint density at radius 1 is 1.00 bits per heavy atom. The lowest BCUT2D eigenvalue weighted by Crippen LogP contribution is -2.31. The average molecular weight is 436 g/mol. The van der Waals surface area contributed by atoms with Crippen molar-refractivity contribution in [3.8, 4) is 11.4 Å². The number of carbonyl (C=O) groups is 1. The second-order valence-electron chi connectivity index (χ2n) is 7.08. The quantitative estimate of drug-likeness (QED) is 0.434. The lowest BCUT2D eigenvalue weighted by atomic mass is 10.0. The number of amides is 1. The van der Waals surface area contributed by atoms with Crippen molar-refractivity contribution in [2.45, 2.75) is 18.9 Å². The predicted molar refractivity (Wildman–Crippen MR) is 116 cm³/mol. The Morgan fingerprint density at radius 2 is 1.77 bits per heavy atom. The number of aromatic nitrogens is 2. The van der Waals surface area contributed by atoms with Crippen LogP contribution in [0.5, 0.6) is 0 Å². The summed E-state index contributed by atoms with van der Waals surface area (Å²) in [5, 5.41) is 7.59. The van der Waals surface area contributed by atoms with Crippen molar-refractivity contribution in [1.29, 1.82) is 0 Å². The SMILES string of the molecule is O=C(Cc1ccc(F)cc1)N[C@H](Cc1ccccc1)c1nc(-c2cccc(Cl)c2)no1. The maximum absolute atomic E-state index is 13.1. The standard InChI is InChI=1S/C24H19ClFN3O2/c25-19-8-4-7-18(15-19)23-28-24(31-29-23)21(13-16-5-2-1-3-6-16)27-22(30)14-17-9-11-20(26)12-10-17/h1-12,15,21H,13-14H2,(H,27,30)/t21-/m1/s1. The van der Waals surface area contributed by atoms with E-state index in [2.05, 4.69) is 15.5 Å². The Hall–Kier alpha value is -3.51. The average Bonchev–Trinajstić information content (AvgIpc) is 3.26. The van der Waals surface area contributed by atoms with Crippen LogP contribution in [0.1, 0.15) is 23.1 Å². The van der Waals surface area contributed by atoms with Gasteiger partial charge < -0.3 is 9.84 Å². The first-order valence-electron chi connectivity index (χ1n) is 9.74. The molecular formula is C24H19ClFN3O2. The summed E-state index contributed by atoms with van der Waals surface area (Å²) in [6.45, 7) is 0. The third-order valence-electron chi connectivity index (χ3n) is 4.72. The van der Waals surface area contributed by atoms with E-state index in [0.717, 1.165) is 11.1 Å². The number of carbonyl (C=O) groups excluding carboxylic acids is 1. The largest absolute Gasteiger partial charge is 0.344 e. The maximum atomic E-state index is 13.1. The Morgan fingerprint density at radius 3 is 2.52 bits per heavy atom. The van der Waals surface area contributed by atoms with Crippen LogP contribution in [-0.4, -0.2) is 16.0 Å². The molecule has 1 amide bonds. The van der Waals surface area contributed by atoms with E-state index >= 15 is 0 Å². The monoisotopic (exact) mass is 435 g/mol. The van der Waals surface area contributed by atoms with Crippen molar-refractivity contribution in [3.05, 3.63) is 107 Å². The van der Waals surface area contributed by atoms with Gasteiger partial charge in [-0.2, -0.15) is 4.98 Å². The van der Waals surface area contributed by atoms with Gasteiger partial charge in [-0.1, -0.05) is 71.4 Å². The molecule has 3 aromatic carbocycles. The van der Waals surface area contributed by atoms with Crippen LogP contribution in [0.25, 0.3) is 11.4 Å². The minimum atomic E-state index is -0.518. The van der Waals surface area contributed by atoms with Gasteiger partial charge in [0.05, 0.1) is 6.42 Å². The van der Waals surface area contributed by atoms with E-state index < -0.39 is 6.04 Å². The number of nitrogens with zero attached hydrogens (tertiary/aromatic N) is 2. The van der Waals surface area contributed by atoms with Gasteiger partial charge in [-0.3, -0.25) is 4.79 Å². The Labute approximate surface area is 183 Å². The molecule has 0 spiro atoms. The number of nitrogens with one attached hydrogen (secondary N) is 1. The van der Waals surface area contributed by atoms with Crippen LogP contribution < -0.4 is 5.32 Å². The molecular weight excluding hydrogens is 417 g/mol. The molecule has 0 unspecified atom stereocenters. The summed E-state index contributed by atoms with van der Waals surface area (Å²) in [6, 6.07) is 22.2. The van der Waals surface area contributed by atoms with Crippen molar-refractivity contribution in [2.75, 3.05) is 0 Å². The molecule has 4 rings (SSSR count). The predicted octanol–water partition coefficient (Wildman–Crippen LogP) is 5.17. The number of halogens is 2. The van der Waals surface area contributed by atoms with E-state index in [9.17, 15) is 9.18 Å². The van der Waals surface area contributed by atoms with E-state index in [1.807, 2.05) is 36.4 Å². The minimum Gasteiger partial charge on any atom is -0.344 e. The third-order valence-corrected chi connectivity index (χ3v) is 4.95. The maximum Gasteiger partial charge on any atom is 0.249 e. The minimum absolute atomic E-state index is 0.112. The first-order chi connectivity index (χ1) is 15.1. The lowest BCUT2D eigenvalue weighted by Gasteiger charge is -2.15. The Balaban J connectivity index is 1.55. The van der Waals surface area contributed by atoms with Gasteiger partial charge in [0.25, 0.3) is 0 Å². The Kier molecular flexibility index (Phi) is 6.38. The molecule has 0 saturated heterocycles. The zero-order valence-electron chi connectivity index (χ0n) is 16.5. The highest BCUT2D eigenvalue weighted by Crippen LogP contribution is 2.23. The van der Waals surface area contributed by atoms with E-state index in [0.29, 0.717) is 28.7 Å². The van der Waals surface area contributed by atoms with Crippen LogP contribution >= 0.6 is 11.6 Å². The van der Waals surface area contributed by atoms with Gasteiger partial charge in [-0.25, -0.2) is 4.39 Å². The van der Waals surface area contributed by atoms with Crippen LogP contribution in [0.3, 0.4) is 0 Å². The number of hydrogen-bond acceptors (Lipinski definition) is 4. The molecule has 0 aliphatic rings. The van der Waals surface area contributed by atoms with Crippen LogP contribution in [-0.2, 0) is 17.6 Å². The van der Waals surface area contributed by atoms with Crippen LogP contribution in [0, 0.1) is 5.82 Å². The molecule has 156 valence electrons. The first-order valence-corrected chi connectivity index (χ1v) is 10.1. The fourth-order valence-corrected chi connectivity index (χ4v) is 3.39. The van der Waals surface area contributed by atoms with Crippen molar-refractivity contribution in [2.24, 2.45) is 0 Å². The highest BCUT2D eigenvalue weighted by molar-refractivity contribution is 6.30. The number of rotatable bonds is 7. The molecule has 1 aromatic heterocycles. The zero-order chi connectivity index (χ0) is 21.6. The molecule has 0 fully saturated rings. The van der Waals surface area contributed by atoms with Crippen LogP contribution in [0.2, 0.25) is 5.02 Å². The molecule has 5 nitrogen and oxygen atoms in total. The fourth-order valence-electron chi connectivity index (χ4n) is 3.20. The van der Waals surface area contributed by atoms with Gasteiger partial charge in [0.2, 0.25) is 17.6 Å². The van der Waals surface area contributed by atoms with Crippen LogP contribution in [0.4, 0.5) is 4.39 Å². The summed E-state index contributed by atoms with van der Waals surface area (Å²) in [7, 11) is 0. The molecule has 0 aliphatic heterocycles. The first kappa shape index (κ1) is 20.8. The summed E-state index contributed by atoms with van der Waals surface area (Å²) in [6.07, 6.45) is 0.591. The molecule has 0 aliphatic carbocycles.